The summed E-state index contributed by atoms with van der Waals surface area (Å²) in [6.07, 6.45) is -1.06. The van der Waals surface area contributed by atoms with Crippen LogP contribution in [0.3, 0.4) is 0 Å². The van der Waals surface area contributed by atoms with Crippen molar-refractivity contribution < 1.29 is 22.0 Å². The van der Waals surface area contributed by atoms with Crippen molar-refractivity contribution in [2.75, 3.05) is 6.54 Å². The second kappa shape index (κ2) is 7.08. The van der Waals surface area contributed by atoms with E-state index in [1.165, 1.54) is 24.3 Å². The molecule has 1 heterocycles. The molecule has 0 saturated carbocycles. The first-order valence-electron chi connectivity index (χ1n) is 10.0. The smallest absolute Gasteiger partial charge is 0.313 e. The van der Waals surface area contributed by atoms with Crippen LogP contribution >= 0.6 is 0 Å². The first-order valence-corrected chi connectivity index (χ1v) is 10.0. The summed E-state index contributed by atoms with van der Waals surface area (Å²) in [6, 6.07) is 11.0. The lowest BCUT2D eigenvalue weighted by molar-refractivity contribution is -0.228. The van der Waals surface area contributed by atoms with Gasteiger partial charge >= 0.3 is 6.18 Å². The second-order valence-electron chi connectivity index (χ2n) is 8.48. The monoisotopic (exact) mass is 409 g/mol. The van der Waals surface area contributed by atoms with Gasteiger partial charge in [-0.15, -0.1) is 0 Å². The summed E-state index contributed by atoms with van der Waals surface area (Å²) < 4.78 is 67.5. The topological polar surface area (TPSA) is 12.0 Å². The van der Waals surface area contributed by atoms with Gasteiger partial charge in [-0.25, -0.2) is 8.78 Å². The van der Waals surface area contributed by atoms with E-state index < -0.39 is 11.8 Å². The minimum atomic E-state index is -4.96. The first kappa shape index (κ1) is 20.3. The third-order valence-corrected chi connectivity index (χ3v) is 6.71. The number of hydrogen-bond acceptors (Lipinski definition) is 1. The van der Waals surface area contributed by atoms with Gasteiger partial charge in [0.25, 0.3) is 0 Å². The van der Waals surface area contributed by atoms with Crippen molar-refractivity contribution in [1.82, 2.24) is 5.32 Å². The average molecular weight is 409 g/mol. The van der Waals surface area contributed by atoms with Crippen LogP contribution < -0.4 is 5.32 Å². The van der Waals surface area contributed by atoms with Crippen LogP contribution in [-0.4, -0.2) is 18.8 Å². The van der Waals surface area contributed by atoms with E-state index in [1.54, 1.807) is 18.2 Å². The molecule has 0 aromatic heterocycles. The largest absolute Gasteiger partial charge is 0.426 e. The Balaban J connectivity index is 1.77. The van der Waals surface area contributed by atoms with Crippen LogP contribution in [0.15, 0.2) is 42.5 Å². The number of hydrogen-bond donors (Lipinski definition) is 1. The Labute approximate surface area is 167 Å². The molecule has 156 valence electrons. The molecule has 1 N–H and O–H groups in total. The molecule has 3 atom stereocenters. The number of aryl methyl sites for hydroxylation is 1. The van der Waals surface area contributed by atoms with E-state index in [0.29, 0.717) is 19.8 Å². The van der Waals surface area contributed by atoms with E-state index >= 15 is 0 Å². The molecule has 1 aliphatic carbocycles. The van der Waals surface area contributed by atoms with Crippen LogP contribution in [0, 0.1) is 5.82 Å². The first-order chi connectivity index (χ1) is 13.6. The molecule has 0 spiro atoms. The number of benzene rings is 2. The zero-order valence-corrected chi connectivity index (χ0v) is 16.3. The minimum Gasteiger partial charge on any atom is -0.313 e. The van der Waals surface area contributed by atoms with Gasteiger partial charge in [-0.2, -0.15) is 13.2 Å². The third kappa shape index (κ3) is 3.45. The van der Waals surface area contributed by atoms with Crippen molar-refractivity contribution in [2.24, 2.45) is 0 Å². The maximum atomic E-state index is 14.5. The van der Waals surface area contributed by atoms with Gasteiger partial charge in [-0.1, -0.05) is 30.3 Å². The average Bonchev–Trinajstić information content (AvgIpc) is 2.68. The van der Waals surface area contributed by atoms with E-state index in [4.69, 9.17) is 0 Å². The van der Waals surface area contributed by atoms with Gasteiger partial charge in [-0.05, 0) is 80.0 Å². The lowest BCUT2D eigenvalue weighted by Crippen LogP contribution is -2.56. The molecule has 6 heteroatoms. The van der Waals surface area contributed by atoms with Gasteiger partial charge in [0.1, 0.15) is 5.82 Å². The van der Waals surface area contributed by atoms with Crippen LogP contribution in [0.25, 0.3) is 0 Å². The summed E-state index contributed by atoms with van der Waals surface area (Å²) in [7, 11) is 0. The summed E-state index contributed by atoms with van der Waals surface area (Å²) in [5.41, 5.74) is -1.24. The maximum absolute atomic E-state index is 14.5. The molecule has 2 aliphatic rings. The third-order valence-electron chi connectivity index (χ3n) is 6.71. The zero-order valence-electron chi connectivity index (χ0n) is 16.3. The quantitative estimate of drug-likeness (QED) is 0.637. The minimum absolute atomic E-state index is 0.194. The Hall–Kier alpha value is -1.95. The number of piperidine rings is 1. The van der Waals surface area contributed by atoms with Crippen molar-refractivity contribution in [1.29, 1.82) is 0 Å². The number of fused-ring (bicyclic) bond motifs is 3. The highest BCUT2D eigenvalue weighted by molar-refractivity contribution is 5.45. The lowest BCUT2D eigenvalue weighted by Gasteiger charge is -2.49. The molecule has 0 amide bonds. The molecule has 2 aromatic carbocycles. The highest BCUT2D eigenvalue weighted by atomic mass is 19.4. The van der Waals surface area contributed by atoms with E-state index in [-0.39, 0.29) is 22.8 Å². The number of halogens is 5. The van der Waals surface area contributed by atoms with Crippen molar-refractivity contribution in [3.8, 4) is 0 Å². The fraction of sp³-hybridized carbons (Fsp3) is 0.478. The number of alkyl halides is 4. The maximum Gasteiger partial charge on any atom is 0.426 e. The van der Waals surface area contributed by atoms with Gasteiger partial charge < -0.3 is 5.32 Å². The van der Waals surface area contributed by atoms with Crippen molar-refractivity contribution in [2.45, 2.75) is 62.3 Å². The highest BCUT2D eigenvalue weighted by Crippen LogP contribution is 2.48. The number of rotatable bonds is 3. The Morgan fingerprint density at radius 2 is 1.79 bits per heavy atom. The van der Waals surface area contributed by atoms with Crippen LogP contribution in [0.2, 0.25) is 0 Å². The highest BCUT2D eigenvalue weighted by Gasteiger charge is 2.54. The van der Waals surface area contributed by atoms with Gasteiger partial charge in [0.15, 0.2) is 0 Å². The summed E-state index contributed by atoms with van der Waals surface area (Å²) in [5.74, 6) is -0.298. The molecule has 1 saturated heterocycles. The zero-order chi connectivity index (χ0) is 20.9. The molecule has 3 unspecified atom stereocenters. The molecule has 0 bridgehead atoms. The summed E-state index contributed by atoms with van der Waals surface area (Å²) in [5, 5.41) is 3.58. The number of nitrogens with one attached hydrogen (secondary N) is 1. The van der Waals surface area contributed by atoms with E-state index in [9.17, 15) is 22.0 Å². The van der Waals surface area contributed by atoms with Gasteiger partial charge in [-0.3, -0.25) is 0 Å². The summed E-state index contributed by atoms with van der Waals surface area (Å²) in [4.78, 5) is 0. The van der Waals surface area contributed by atoms with E-state index in [1.807, 2.05) is 0 Å². The molecule has 29 heavy (non-hydrogen) atoms. The van der Waals surface area contributed by atoms with Gasteiger partial charge in [0.05, 0.1) is 0 Å². The molecule has 4 rings (SSSR count). The van der Waals surface area contributed by atoms with Crippen LogP contribution in [0.1, 0.15) is 48.4 Å². The standard InChI is InChI=1S/C23H24F5N/c1-21(25,23(26,27)28)17-6-9-19-16(13-17)5-10-20-22(19,11-2-12-29-20)14-15-3-7-18(24)8-4-15/h3-4,6-9,13,20,29H,2,5,10-12,14H2,1H3. The van der Waals surface area contributed by atoms with Crippen LogP contribution in [-0.2, 0) is 23.9 Å². The lowest BCUT2D eigenvalue weighted by atomic mass is 9.60. The van der Waals surface area contributed by atoms with Gasteiger partial charge in [0, 0.05) is 11.5 Å². The molecular formula is C23H24F5N. The van der Waals surface area contributed by atoms with Crippen molar-refractivity contribution in [3.63, 3.8) is 0 Å². The predicted octanol–water partition coefficient (Wildman–Crippen LogP) is 5.75. The summed E-state index contributed by atoms with van der Waals surface area (Å²) in [6.45, 7) is 1.48. The van der Waals surface area contributed by atoms with Crippen LogP contribution in [0.5, 0.6) is 0 Å². The SMILES string of the molecule is CC(F)(c1ccc2c(c1)CCC1NCCCC21Cc1ccc(F)cc1)C(F)(F)F. The van der Waals surface area contributed by atoms with E-state index in [0.717, 1.165) is 42.5 Å². The van der Waals surface area contributed by atoms with Crippen LogP contribution in [0.4, 0.5) is 22.0 Å². The van der Waals surface area contributed by atoms with Crippen molar-refractivity contribution >= 4 is 0 Å². The molecule has 1 fully saturated rings. The van der Waals surface area contributed by atoms with Crippen molar-refractivity contribution in [3.05, 3.63) is 70.5 Å². The molecule has 2 aromatic rings. The van der Waals surface area contributed by atoms with Gasteiger partial charge in [0.2, 0.25) is 5.67 Å². The van der Waals surface area contributed by atoms with E-state index in [2.05, 4.69) is 5.32 Å². The Morgan fingerprint density at radius 1 is 1.07 bits per heavy atom. The molecule has 1 nitrogen and oxygen atoms in total. The Morgan fingerprint density at radius 3 is 2.48 bits per heavy atom. The molecular weight excluding hydrogens is 385 g/mol. The molecule has 0 radical (unpaired) electrons. The normalized spacial score (nSPS) is 26.3. The fourth-order valence-electron chi connectivity index (χ4n) is 5.07. The predicted molar refractivity (Wildman–Crippen MR) is 102 cm³/mol. The Kier molecular flexibility index (Phi) is 4.96. The Bertz CT molecular complexity index is 887. The summed E-state index contributed by atoms with van der Waals surface area (Å²) >= 11 is 0. The molecule has 1 aliphatic heterocycles. The fourth-order valence-corrected chi connectivity index (χ4v) is 5.07. The second-order valence-corrected chi connectivity index (χ2v) is 8.48.